The molecule has 1 aliphatic rings. The summed E-state index contributed by atoms with van der Waals surface area (Å²) >= 11 is 0. The summed E-state index contributed by atoms with van der Waals surface area (Å²) in [4.78, 5) is 0. The Bertz CT molecular complexity index is 582. The van der Waals surface area contributed by atoms with E-state index >= 15 is 0 Å². The third kappa shape index (κ3) is 3.61. The molecule has 1 fully saturated rings. The van der Waals surface area contributed by atoms with Crippen LogP contribution in [0, 0.1) is 0 Å². The van der Waals surface area contributed by atoms with Crippen LogP contribution in [0.2, 0.25) is 0 Å². The number of nitrogens with two attached hydrogens (primary N) is 1. The highest BCUT2D eigenvalue weighted by Crippen LogP contribution is 2.38. The fourth-order valence-corrected chi connectivity index (χ4v) is 2.41. The lowest BCUT2D eigenvalue weighted by molar-refractivity contribution is 0.00578. The Morgan fingerprint density at radius 3 is 2.35 bits per heavy atom. The number of hydrogen-bond donors (Lipinski definition) is 2. The van der Waals surface area contributed by atoms with E-state index in [4.69, 9.17) is 19.8 Å². The van der Waals surface area contributed by atoms with E-state index in [9.17, 15) is 5.11 Å². The Labute approximate surface area is 138 Å². The van der Waals surface area contributed by atoms with Gasteiger partial charge in [-0.25, -0.2) is 0 Å². The van der Waals surface area contributed by atoms with Crippen LogP contribution in [0.4, 0.5) is 0 Å². The molecule has 0 bridgehead atoms. The normalized spacial score (nSPS) is 20.0. The average Bonchev–Trinajstić information content (AvgIpc) is 2.72. The first-order chi connectivity index (χ1) is 10.7. The Hall–Kier alpha value is -1.34. The zero-order valence-corrected chi connectivity index (χ0v) is 14.6. The topological polar surface area (TPSA) is 73.9 Å². The van der Waals surface area contributed by atoms with Gasteiger partial charge in [0.1, 0.15) is 5.75 Å². The molecule has 0 aromatic heterocycles. The van der Waals surface area contributed by atoms with Gasteiger partial charge in [0, 0.05) is 12.1 Å². The summed E-state index contributed by atoms with van der Waals surface area (Å²) < 4.78 is 17.4. The minimum Gasteiger partial charge on any atom is -0.496 e. The number of ether oxygens (including phenoxy) is 1. The van der Waals surface area contributed by atoms with Gasteiger partial charge in [0.15, 0.2) is 0 Å². The Kier molecular flexibility index (Phi) is 5.21. The molecule has 0 aliphatic carbocycles. The van der Waals surface area contributed by atoms with Crippen molar-refractivity contribution in [1.82, 2.24) is 0 Å². The molecule has 2 rings (SSSR count). The van der Waals surface area contributed by atoms with Crippen LogP contribution >= 0.6 is 0 Å². The van der Waals surface area contributed by atoms with Gasteiger partial charge in [0.2, 0.25) is 0 Å². The van der Waals surface area contributed by atoms with Crippen molar-refractivity contribution in [2.24, 2.45) is 5.73 Å². The minimum absolute atomic E-state index is 0.0614. The second-order valence-corrected chi connectivity index (χ2v) is 6.74. The summed E-state index contributed by atoms with van der Waals surface area (Å²) in [5.41, 5.74) is 7.64. The standard InChI is InChI=1S/C17H26BNO4/c1-16(2)17(3,4)23-18(22-16)14(10-19)8-12-6-7-13(11-20)15(9-12)21-5/h6-9,20H,10-11,19H2,1-5H3. The number of hydrogen-bond acceptors (Lipinski definition) is 5. The van der Waals surface area contributed by atoms with Gasteiger partial charge in [-0.15, -0.1) is 0 Å². The van der Waals surface area contributed by atoms with E-state index in [1.54, 1.807) is 7.11 Å². The van der Waals surface area contributed by atoms with Crippen LogP contribution in [0.15, 0.2) is 23.7 Å². The van der Waals surface area contributed by atoms with E-state index in [0.717, 1.165) is 16.6 Å². The van der Waals surface area contributed by atoms with Gasteiger partial charge in [0.05, 0.1) is 24.9 Å². The highest BCUT2D eigenvalue weighted by atomic mass is 16.7. The molecule has 0 saturated carbocycles. The number of methoxy groups -OCH3 is 1. The Morgan fingerprint density at radius 1 is 1.26 bits per heavy atom. The summed E-state index contributed by atoms with van der Waals surface area (Å²) in [6.07, 6.45) is 1.95. The fourth-order valence-electron chi connectivity index (χ4n) is 2.41. The third-order valence-electron chi connectivity index (χ3n) is 4.63. The molecule has 1 aromatic carbocycles. The van der Waals surface area contributed by atoms with E-state index in [1.165, 1.54) is 0 Å². The van der Waals surface area contributed by atoms with Crippen molar-refractivity contribution in [3.8, 4) is 5.75 Å². The van der Waals surface area contributed by atoms with Crippen LogP contribution in [0.25, 0.3) is 6.08 Å². The molecule has 1 aromatic rings. The molecule has 0 unspecified atom stereocenters. The second-order valence-electron chi connectivity index (χ2n) is 6.74. The molecule has 1 heterocycles. The van der Waals surface area contributed by atoms with Crippen LogP contribution in [-0.4, -0.2) is 37.1 Å². The molecule has 0 amide bonds. The lowest BCUT2D eigenvalue weighted by atomic mass is 9.77. The van der Waals surface area contributed by atoms with Crippen molar-refractivity contribution in [2.75, 3.05) is 13.7 Å². The molecule has 0 atom stereocenters. The smallest absolute Gasteiger partial charge is 0.491 e. The Balaban J connectivity index is 2.30. The first kappa shape index (κ1) is 18.0. The number of rotatable bonds is 5. The lowest BCUT2D eigenvalue weighted by Gasteiger charge is -2.32. The van der Waals surface area contributed by atoms with Crippen LogP contribution in [-0.2, 0) is 15.9 Å². The maximum Gasteiger partial charge on any atom is 0.491 e. The van der Waals surface area contributed by atoms with E-state index < -0.39 is 18.3 Å². The summed E-state index contributed by atoms with van der Waals surface area (Å²) in [5, 5.41) is 9.30. The molecule has 6 heteroatoms. The molecule has 126 valence electrons. The summed E-state index contributed by atoms with van der Waals surface area (Å²) in [7, 11) is 1.12. The van der Waals surface area contributed by atoms with Crippen LogP contribution in [0.3, 0.4) is 0 Å². The first-order valence-electron chi connectivity index (χ1n) is 7.78. The quantitative estimate of drug-likeness (QED) is 0.814. The van der Waals surface area contributed by atoms with Gasteiger partial charge >= 0.3 is 7.12 Å². The van der Waals surface area contributed by atoms with Crippen LogP contribution < -0.4 is 10.5 Å². The molecule has 1 aliphatic heterocycles. The Morgan fingerprint density at radius 2 is 1.87 bits per heavy atom. The number of aliphatic hydroxyl groups excluding tert-OH is 1. The van der Waals surface area contributed by atoms with E-state index in [0.29, 0.717) is 12.3 Å². The number of aliphatic hydroxyl groups is 1. The molecular formula is C17H26BNO4. The van der Waals surface area contributed by atoms with Crippen molar-refractivity contribution in [1.29, 1.82) is 0 Å². The van der Waals surface area contributed by atoms with E-state index in [1.807, 2.05) is 52.0 Å². The maximum absolute atomic E-state index is 9.30. The predicted octanol–water partition coefficient (Wildman–Crippen LogP) is 2.16. The van der Waals surface area contributed by atoms with Gasteiger partial charge in [0.25, 0.3) is 0 Å². The van der Waals surface area contributed by atoms with E-state index in [-0.39, 0.29) is 6.61 Å². The molecule has 5 nitrogen and oxygen atoms in total. The van der Waals surface area contributed by atoms with Gasteiger partial charge in [-0.1, -0.05) is 18.2 Å². The number of benzene rings is 1. The predicted molar refractivity (Wildman–Crippen MR) is 92.0 cm³/mol. The zero-order valence-electron chi connectivity index (χ0n) is 14.6. The first-order valence-corrected chi connectivity index (χ1v) is 7.78. The van der Waals surface area contributed by atoms with Crippen molar-refractivity contribution in [3.05, 3.63) is 34.8 Å². The SMILES string of the molecule is COc1cc(C=C(CN)B2OC(C)(C)C(C)(C)O2)ccc1CO. The fraction of sp³-hybridized carbons (Fsp3) is 0.529. The highest BCUT2D eigenvalue weighted by Gasteiger charge is 2.52. The molecule has 1 saturated heterocycles. The lowest BCUT2D eigenvalue weighted by Crippen LogP contribution is -2.41. The van der Waals surface area contributed by atoms with E-state index in [2.05, 4.69) is 0 Å². The molecule has 3 N–H and O–H groups in total. The van der Waals surface area contributed by atoms with Crippen molar-refractivity contribution in [2.45, 2.75) is 45.5 Å². The summed E-state index contributed by atoms with van der Waals surface area (Å²) in [6.45, 7) is 8.33. The monoisotopic (exact) mass is 319 g/mol. The molecule has 23 heavy (non-hydrogen) atoms. The van der Waals surface area contributed by atoms with Crippen molar-refractivity contribution in [3.63, 3.8) is 0 Å². The van der Waals surface area contributed by atoms with Crippen molar-refractivity contribution < 1.29 is 19.2 Å². The van der Waals surface area contributed by atoms with Gasteiger partial charge in [-0.2, -0.15) is 0 Å². The summed E-state index contributed by atoms with van der Waals surface area (Å²) in [6, 6.07) is 5.62. The van der Waals surface area contributed by atoms with Gasteiger partial charge in [-0.3, -0.25) is 0 Å². The van der Waals surface area contributed by atoms with Gasteiger partial charge < -0.3 is 24.9 Å². The third-order valence-corrected chi connectivity index (χ3v) is 4.63. The van der Waals surface area contributed by atoms with Crippen LogP contribution in [0.1, 0.15) is 38.8 Å². The second kappa shape index (κ2) is 6.65. The minimum atomic E-state index is -0.464. The molecular weight excluding hydrogens is 293 g/mol. The highest BCUT2D eigenvalue weighted by molar-refractivity contribution is 6.55. The van der Waals surface area contributed by atoms with Gasteiger partial charge in [-0.05, 0) is 44.8 Å². The molecule has 0 radical (unpaired) electrons. The van der Waals surface area contributed by atoms with Crippen LogP contribution in [0.5, 0.6) is 5.75 Å². The average molecular weight is 319 g/mol. The maximum atomic E-state index is 9.30. The largest absolute Gasteiger partial charge is 0.496 e. The zero-order chi connectivity index (χ0) is 17.3. The molecule has 0 spiro atoms. The summed E-state index contributed by atoms with van der Waals surface area (Å²) in [5.74, 6) is 0.645. The van der Waals surface area contributed by atoms with Crippen molar-refractivity contribution >= 4 is 13.2 Å².